The standard InChI is InChI=1S/C24H22O3/c1-26-24(25)17-8-6-9-18(16-17)27-15-7-14-23-21-12-4-2-10-19(21)20-11-3-5-13-22(20)23/h2-6,8-13,16,23H,7,14-15H2,1H3. The summed E-state index contributed by atoms with van der Waals surface area (Å²) in [7, 11) is 1.38. The summed E-state index contributed by atoms with van der Waals surface area (Å²) in [6.45, 7) is 0.617. The van der Waals surface area contributed by atoms with Crippen LogP contribution in [0.4, 0.5) is 0 Å². The van der Waals surface area contributed by atoms with Crippen molar-refractivity contribution in [3.63, 3.8) is 0 Å². The van der Waals surface area contributed by atoms with E-state index in [0.29, 0.717) is 23.8 Å². The van der Waals surface area contributed by atoms with E-state index in [2.05, 4.69) is 48.5 Å². The highest BCUT2D eigenvalue weighted by Gasteiger charge is 2.27. The molecule has 0 radical (unpaired) electrons. The lowest BCUT2D eigenvalue weighted by molar-refractivity contribution is 0.0600. The predicted molar refractivity (Wildman–Crippen MR) is 106 cm³/mol. The molecule has 0 atom stereocenters. The normalized spacial score (nSPS) is 12.3. The molecule has 3 aromatic rings. The molecular weight excluding hydrogens is 336 g/mol. The molecule has 4 rings (SSSR count). The van der Waals surface area contributed by atoms with Crippen LogP contribution in [0.2, 0.25) is 0 Å². The number of hydrogen-bond acceptors (Lipinski definition) is 3. The van der Waals surface area contributed by atoms with E-state index in [1.807, 2.05) is 12.1 Å². The lowest BCUT2D eigenvalue weighted by Crippen LogP contribution is -2.04. The Kier molecular flexibility index (Phi) is 4.93. The van der Waals surface area contributed by atoms with Crippen LogP contribution in [0.5, 0.6) is 5.75 Å². The molecule has 0 saturated carbocycles. The van der Waals surface area contributed by atoms with Crippen molar-refractivity contribution in [1.82, 2.24) is 0 Å². The first kappa shape index (κ1) is 17.3. The molecule has 3 aromatic carbocycles. The van der Waals surface area contributed by atoms with Gasteiger partial charge in [0.15, 0.2) is 0 Å². The van der Waals surface area contributed by atoms with Crippen LogP contribution in [-0.4, -0.2) is 19.7 Å². The van der Waals surface area contributed by atoms with Gasteiger partial charge in [-0.15, -0.1) is 0 Å². The molecule has 0 heterocycles. The second-order valence-electron chi connectivity index (χ2n) is 6.74. The van der Waals surface area contributed by atoms with E-state index in [1.165, 1.54) is 29.4 Å². The lowest BCUT2D eigenvalue weighted by Gasteiger charge is -2.14. The highest BCUT2D eigenvalue weighted by molar-refractivity contribution is 5.89. The molecule has 0 saturated heterocycles. The van der Waals surface area contributed by atoms with E-state index in [9.17, 15) is 4.79 Å². The Labute approximate surface area is 159 Å². The minimum absolute atomic E-state index is 0.348. The molecule has 3 nitrogen and oxygen atoms in total. The average molecular weight is 358 g/mol. The maximum absolute atomic E-state index is 11.6. The lowest BCUT2D eigenvalue weighted by atomic mass is 9.92. The smallest absolute Gasteiger partial charge is 0.337 e. The fraction of sp³-hybridized carbons (Fsp3) is 0.208. The number of fused-ring (bicyclic) bond motifs is 3. The summed E-state index contributed by atoms with van der Waals surface area (Å²) in [4.78, 5) is 11.6. The maximum Gasteiger partial charge on any atom is 0.337 e. The molecule has 1 aliphatic carbocycles. The van der Waals surface area contributed by atoms with Crippen LogP contribution in [0.15, 0.2) is 72.8 Å². The fourth-order valence-electron chi connectivity index (χ4n) is 3.88. The number of methoxy groups -OCH3 is 1. The van der Waals surface area contributed by atoms with E-state index in [0.717, 1.165) is 12.8 Å². The van der Waals surface area contributed by atoms with E-state index in [4.69, 9.17) is 9.47 Å². The van der Waals surface area contributed by atoms with Crippen molar-refractivity contribution in [2.24, 2.45) is 0 Å². The molecule has 0 N–H and O–H groups in total. The van der Waals surface area contributed by atoms with E-state index >= 15 is 0 Å². The largest absolute Gasteiger partial charge is 0.494 e. The van der Waals surface area contributed by atoms with Crippen LogP contribution in [0.3, 0.4) is 0 Å². The summed E-state index contributed by atoms with van der Waals surface area (Å²) in [5.41, 5.74) is 6.03. The summed E-state index contributed by atoms with van der Waals surface area (Å²) in [6.07, 6.45) is 1.97. The van der Waals surface area contributed by atoms with Gasteiger partial charge < -0.3 is 9.47 Å². The molecule has 1 aliphatic rings. The van der Waals surface area contributed by atoms with Gasteiger partial charge in [0, 0.05) is 5.92 Å². The number of benzene rings is 3. The maximum atomic E-state index is 11.6. The molecule has 0 amide bonds. The summed E-state index contributed by atoms with van der Waals surface area (Å²) >= 11 is 0. The van der Waals surface area contributed by atoms with Gasteiger partial charge in [-0.05, 0) is 53.3 Å². The minimum atomic E-state index is -0.348. The van der Waals surface area contributed by atoms with Crippen molar-refractivity contribution >= 4 is 5.97 Å². The number of hydrogen-bond donors (Lipinski definition) is 0. The first-order valence-corrected chi connectivity index (χ1v) is 9.27. The quantitative estimate of drug-likeness (QED) is 0.434. The van der Waals surface area contributed by atoms with E-state index < -0.39 is 0 Å². The SMILES string of the molecule is COC(=O)c1cccc(OCCCC2c3ccccc3-c3ccccc32)c1. The Balaban J connectivity index is 1.41. The summed E-state index contributed by atoms with van der Waals surface area (Å²) in [5, 5.41) is 0. The number of ether oxygens (including phenoxy) is 2. The molecule has 27 heavy (non-hydrogen) atoms. The van der Waals surface area contributed by atoms with Crippen LogP contribution >= 0.6 is 0 Å². The average Bonchev–Trinajstić information content (AvgIpc) is 3.05. The molecule has 0 fully saturated rings. The van der Waals surface area contributed by atoms with Crippen LogP contribution < -0.4 is 4.74 Å². The van der Waals surface area contributed by atoms with Gasteiger partial charge in [0.1, 0.15) is 5.75 Å². The molecule has 0 aliphatic heterocycles. The summed E-state index contributed by atoms with van der Waals surface area (Å²) in [6, 6.07) is 24.5. The van der Waals surface area contributed by atoms with Crippen molar-refractivity contribution < 1.29 is 14.3 Å². The monoisotopic (exact) mass is 358 g/mol. The zero-order valence-electron chi connectivity index (χ0n) is 15.4. The van der Waals surface area contributed by atoms with Gasteiger partial charge in [0.2, 0.25) is 0 Å². The van der Waals surface area contributed by atoms with Crippen molar-refractivity contribution in [3.05, 3.63) is 89.5 Å². The third-order valence-electron chi connectivity index (χ3n) is 5.12. The molecule has 0 unspecified atom stereocenters. The van der Waals surface area contributed by atoms with Crippen molar-refractivity contribution in [2.45, 2.75) is 18.8 Å². The molecule has 136 valence electrons. The Hall–Kier alpha value is -3.07. The highest BCUT2D eigenvalue weighted by atomic mass is 16.5. The van der Waals surface area contributed by atoms with Gasteiger partial charge in [-0.1, -0.05) is 54.6 Å². The van der Waals surface area contributed by atoms with Gasteiger partial charge in [-0.2, -0.15) is 0 Å². The minimum Gasteiger partial charge on any atom is -0.494 e. The van der Waals surface area contributed by atoms with E-state index in [1.54, 1.807) is 12.1 Å². The Morgan fingerprint density at radius 2 is 1.56 bits per heavy atom. The second kappa shape index (κ2) is 7.67. The molecule has 0 spiro atoms. The van der Waals surface area contributed by atoms with Crippen molar-refractivity contribution in [1.29, 1.82) is 0 Å². The zero-order chi connectivity index (χ0) is 18.6. The Bertz CT molecular complexity index is 916. The van der Waals surface area contributed by atoms with Crippen LogP contribution in [0.1, 0.15) is 40.2 Å². The topological polar surface area (TPSA) is 35.5 Å². The summed E-state index contributed by atoms with van der Waals surface area (Å²) < 4.78 is 10.6. The van der Waals surface area contributed by atoms with E-state index in [-0.39, 0.29) is 5.97 Å². The number of carbonyl (C=O) groups is 1. The molecule has 0 bridgehead atoms. The second-order valence-corrected chi connectivity index (χ2v) is 6.74. The predicted octanol–water partition coefficient (Wildman–Crippen LogP) is 5.44. The number of carbonyl (C=O) groups excluding carboxylic acids is 1. The summed E-state index contributed by atoms with van der Waals surface area (Å²) in [5.74, 6) is 0.771. The van der Waals surface area contributed by atoms with Gasteiger partial charge in [-0.25, -0.2) is 4.79 Å². The van der Waals surface area contributed by atoms with Crippen molar-refractivity contribution in [3.8, 4) is 16.9 Å². The number of esters is 1. The molecule has 3 heteroatoms. The number of rotatable bonds is 6. The molecular formula is C24H22O3. The van der Waals surface area contributed by atoms with Crippen LogP contribution in [-0.2, 0) is 4.74 Å². The first-order valence-electron chi connectivity index (χ1n) is 9.27. The van der Waals surface area contributed by atoms with Gasteiger partial charge in [0.05, 0.1) is 19.3 Å². The van der Waals surface area contributed by atoms with Crippen LogP contribution in [0, 0.1) is 0 Å². The highest BCUT2D eigenvalue weighted by Crippen LogP contribution is 2.46. The van der Waals surface area contributed by atoms with Gasteiger partial charge >= 0.3 is 5.97 Å². The van der Waals surface area contributed by atoms with Crippen LogP contribution in [0.25, 0.3) is 11.1 Å². The Morgan fingerprint density at radius 1 is 0.889 bits per heavy atom. The third-order valence-corrected chi connectivity index (χ3v) is 5.12. The first-order chi connectivity index (χ1) is 13.3. The van der Waals surface area contributed by atoms with Crippen molar-refractivity contribution in [2.75, 3.05) is 13.7 Å². The zero-order valence-corrected chi connectivity index (χ0v) is 15.4. The third kappa shape index (κ3) is 3.45. The molecule has 0 aromatic heterocycles. The Morgan fingerprint density at radius 3 is 2.22 bits per heavy atom. The van der Waals surface area contributed by atoms with Gasteiger partial charge in [0.25, 0.3) is 0 Å². The van der Waals surface area contributed by atoms with Gasteiger partial charge in [-0.3, -0.25) is 0 Å². The fourth-order valence-corrected chi connectivity index (χ4v) is 3.88.